The van der Waals surface area contributed by atoms with Crippen molar-refractivity contribution in [2.45, 2.75) is 0 Å². The fourth-order valence-electron chi connectivity index (χ4n) is 1.10. The number of carbonyl (C=O) groups excluding carboxylic acids is 1. The molecule has 0 radical (unpaired) electrons. The van der Waals surface area contributed by atoms with Crippen LogP contribution in [0.3, 0.4) is 0 Å². The molecule has 6 heteroatoms. The molecule has 0 aliphatic rings. The third-order valence-corrected chi connectivity index (χ3v) is 3.50. The highest BCUT2D eigenvalue weighted by Gasteiger charge is 2.09. The Morgan fingerprint density at radius 1 is 1.50 bits per heavy atom. The van der Waals surface area contributed by atoms with Gasteiger partial charge in [0.05, 0.1) is 17.4 Å². The van der Waals surface area contributed by atoms with E-state index < -0.39 is 0 Å². The number of hydrogen-bond acceptors (Lipinski definition) is 3. The van der Waals surface area contributed by atoms with Crippen LogP contribution in [0.25, 0.3) is 0 Å². The highest BCUT2D eigenvalue weighted by Crippen LogP contribution is 2.20. The molecule has 16 heavy (non-hydrogen) atoms. The van der Waals surface area contributed by atoms with Crippen molar-refractivity contribution in [3.05, 3.63) is 44.2 Å². The topological polar surface area (TPSA) is 42.0 Å². The average Bonchev–Trinajstić information content (AvgIpc) is 2.75. The monoisotopic (exact) mass is 348 g/mol. The lowest BCUT2D eigenvalue weighted by molar-refractivity contribution is 0.103. The minimum Gasteiger partial charge on any atom is -0.320 e. The molecule has 1 N–H and O–H groups in total. The average molecular weight is 348 g/mol. The van der Waals surface area contributed by atoms with Gasteiger partial charge in [-0.2, -0.15) is 0 Å². The largest absolute Gasteiger partial charge is 0.320 e. The summed E-state index contributed by atoms with van der Waals surface area (Å²) in [5, 5.41) is 2.70. The van der Waals surface area contributed by atoms with Gasteiger partial charge in [0.15, 0.2) is 0 Å². The Morgan fingerprint density at radius 2 is 2.31 bits per heavy atom. The lowest BCUT2D eigenvalue weighted by Crippen LogP contribution is -2.11. The molecule has 2 aromatic rings. The van der Waals surface area contributed by atoms with Gasteiger partial charge in [0.2, 0.25) is 0 Å². The maximum absolute atomic E-state index is 12.8. The number of anilines is 1. The van der Waals surface area contributed by atoms with Gasteiger partial charge in [-0.25, -0.2) is 4.39 Å². The minimum absolute atomic E-state index is 0.230. The Kier molecular flexibility index (Phi) is 3.49. The molecule has 0 saturated heterocycles. The van der Waals surface area contributed by atoms with Crippen molar-refractivity contribution in [3.8, 4) is 0 Å². The first kappa shape index (κ1) is 11.5. The van der Waals surface area contributed by atoms with Gasteiger partial charge in [0.25, 0.3) is 5.91 Å². The maximum atomic E-state index is 12.8. The van der Waals surface area contributed by atoms with Crippen molar-refractivity contribution < 1.29 is 9.18 Å². The zero-order chi connectivity index (χ0) is 11.5. The van der Waals surface area contributed by atoms with Crippen LogP contribution in [0.1, 0.15) is 9.67 Å². The Labute approximate surface area is 109 Å². The van der Waals surface area contributed by atoms with E-state index in [4.69, 9.17) is 0 Å². The number of halogens is 2. The molecule has 0 atom stereocenters. The molecule has 1 aromatic heterocycles. The van der Waals surface area contributed by atoms with Gasteiger partial charge in [-0.3, -0.25) is 9.78 Å². The Hall–Kier alpha value is -1.02. The molecule has 2 rings (SSSR count). The predicted molar refractivity (Wildman–Crippen MR) is 69.2 cm³/mol. The van der Waals surface area contributed by atoms with Crippen LogP contribution < -0.4 is 5.32 Å². The van der Waals surface area contributed by atoms with Gasteiger partial charge >= 0.3 is 0 Å². The van der Waals surface area contributed by atoms with E-state index >= 15 is 0 Å². The number of rotatable bonds is 2. The van der Waals surface area contributed by atoms with Crippen LogP contribution in [0.4, 0.5) is 10.1 Å². The van der Waals surface area contributed by atoms with Gasteiger partial charge in [0.1, 0.15) is 10.7 Å². The number of benzene rings is 1. The molecule has 3 nitrogen and oxygen atoms in total. The van der Waals surface area contributed by atoms with Gasteiger partial charge in [-0.15, -0.1) is 11.3 Å². The van der Waals surface area contributed by atoms with Crippen molar-refractivity contribution in [1.29, 1.82) is 0 Å². The first-order valence-corrected chi connectivity index (χ1v) is 6.27. The zero-order valence-electron chi connectivity index (χ0n) is 7.91. The molecule has 0 spiro atoms. The number of hydrogen-bond donors (Lipinski definition) is 1. The first-order valence-electron chi connectivity index (χ1n) is 4.32. The Balaban J connectivity index is 2.18. The normalized spacial score (nSPS) is 10.1. The van der Waals surface area contributed by atoms with E-state index in [-0.39, 0.29) is 11.7 Å². The fraction of sp³-hybridized carbons (Fsp3) is 0. The quantitative estimate of drug-likeness (QED) is 0.848. The Morgan fingerprint density at radius 3 is 2.94 bits per heavy atom. The molecule has 0 aliphatic carbocycles. The summed E-state index contributed by atoms with van der Waals surface area (Å²) in [5.74, 6) is -0.549. The van der Waals surface area contributed by atoms with E-state index in [0.29, 0.717) is 14.1 Å². The van der Waals surface area contributed by atoms with Crippen LogP contribution >= 0.6 is 33.9 Å². The summed E-state index contributed by atoms with van der Waals surface area (Å²) in [7, 11) is 0. The summed E-state index contributed by atoms with van der Waals surface area (Å²) < 4.78 is 13.5. The van der Waals surface area contributed by atoms with Crippen molar-refractivity contribution in [2.24, 2.45) is 0 Å². The summed E-state index contributed by atoms with van der Waals surface area (Å²) in [4.78, 5) is 16.0. The predicted octanol–water partition coefficient (Wildman–Crippen LogP) is 3.14. The SMILES string of the molecule is O=C(Nc1ccc(F)cc1I)c1cncs1. The van der Waals surface area contributed by atoms with Gasteiger partial charge in [0, 0.05) is 3.57 Å². The van der Waals surface area contributed by atoms with Crippen molar-refractivity contribution in [2.75, 3.05) is 5.32 Å². The second-order valence-corrected chi connectivity index (χ2v) is 4.99. The van der Waals surface area contributed by atoms with Crippen LogP contribution in [0.15, 0.2) is 29.9 Å². The summed E-state index contributed by atoms with van der Waals surface area (Å²) in [5.41, 5.74) is 2.19. The van der Waals surface area contributed by atoms with Crippen molar-refractivity contribution >= 4 is 45.5 Å². The molecule has 1 heterocycles. The number of thiazole rings is 1. The minimum atomic E-state index is -0.319. The summed E-state index contributed by atoms with van der Waals surface area (Å²) in [6, 6.07) is 4.21. The lowest BCUT2D eigenvalue weighted by Gasteiger charge is -2.05. The highest BCUT2D eigenvalue weighted by molar-refractivity contribution is 14.1. The standard InChI is InChI=1S/C10H6FIN2OS/c11-6-1-2-8(7(12)3-6)14-10(15)9-4-13-5-16-9/h1-5H,(H,14,15). The molecule has 1 amide bonds. The van der Waals surface area contributed by atoms with Crippen LogP contribution in [-0.2, 0) is 0 Å². The fourth-order valence-corrected chi connectivity index (χ4v) is 2.23. The summed E-state index contributed by atoms with van der Waals surface area (Å²) in [6.45, 7) is 0. The second kappa shape index (κ2) is 4.88. The lowest BCUT2D eigenvalue weighted by atomic mass is 10.3. The summed E-state index contributed by atoms with van der Waals surface area (Å²) in [6.07, 6.45) is 1.50. The molecular weight excluding hydrogens is 342 g/mol. The van der Waals surface area contributed by atoms with Crippen LogP contribution in [0, 0.1) is 9.39 Å². The second-order valence-electron chi connectivity index (χ2n) is 2.94. The highest BCUT2D eigenvalue weighted by atomic mass is 127. The van der Waals surface area contributed by atoms with E-state index in [1.807, 2.05) is 22.6 Å². The van der Waals surface area contributed by atoms with E-state index in [1.54, 1.807) is 5.51 Å². The van der Waals surface area contributed by atoms with Crippen LogP contribution in [0.5, 0.6) is 0 Å². The maximum Gasteiger partial charge on any atom is 0.267 e. The molecule has 1 aromatic carbocycles. The van der Waals surface area contributed by atoms with E-state index in [1.165, 1.54) is 35.7 Å². The number of nitrogens with zero attached hydrogens (tertiary/aromatic N) is 1. The third-order valence-electron chi connectivity index (χ3n) is 1.84. The molecule has 0 aliphatic heterocycles. The van der Waals surface area contributed by atoms with Crippen LogP contribution in [0.2, 0.25) is 0 Å². The third kappa shape index (κ3) is 2.56. The Bertz CT molecular complexity index is 516. The number of nitrogens with one attached hydrogen (secondary N) is 1. The smallest absolute Gasteiger partial charge is 0.267 e. The molecule has 0 bridgehead atoms. The molecule has 0 fully saturated rings. The zero-order valence-corrected chi connectivity index (χ0v) is 10.9. The number of amides is 1. The van der Waals surface area contributed by atoms with Gasteiger partial charge in [-0.05, 0) is 40.8 Å². The number of carbonyl (C=O) groups is 1. The molecule has 0 unspecified atom stereocenters. The molecular formula is C10H6FIN2OS. The van der Waals surface area contributed by atoms with E-state index in [9.17, 15) is 9.18 Å². The summed E-state index contributed by atoms with van der Waals surface area (Å²) >= 11 is 3.23. The van der Waals surface area contributed by atoms with Crippen molar-refractivity contribution in [1.82, 2.24) is 4.98 Å². The van der Waals surface area contributed by atoms with E-state index in [0.717, 1.165) is 0 Å². The number of aromatic nitrogens is 1. The molecule has 0 saturated carbocycles. The first-order chi connectivity index (χ1) is 7.66. The van der Waals surface area contributed by atoms with E-state index in [2.05, 4.69) is 10.3 Å². The van der Waals surface area contributed by atoms with Crippen LogP contribution in [-0.4, -0.2) is 10.9 Å². The molecule has 82 valence electrons. The van der Waals surface area contributed by atoms with Gasteiger partial charge in [-0.1, -0.05) is 0 Å². The van der Waals surface area contributed by atoms with Crippen molar-refractivity contribution in [3.63, 3.8) is 0 Å². The van der Waals surface area contributed by atoms with Gasteiger partial charge < -0.3 is 5.32 Å².